The zero-order valence-corrected chi connectivity index (χ0v) is 12.7. The van der Waals surface area contributed by atoms with Gasteiger partial charge in [-0.3, -0.25) is 9.58 Å². The van der Waals surface area contributed by atoms with Crippen molar-refractivity contribution in [2.45, 2.75) is 44.9 Å². The SMILES string of the molecule is CCn1cc(C(CN)N(Cc2cccs2)C2CC2)cn1. The number of thiophene rings is 1. The molecule has 2 N–H and O–H groups in total. The third kappa shape index (κ3) is 2.95. The minimum absolute atomic E-state index is 0.282. The Bertz CT molecular complexity index is 530. The third-order valence-corrected chi connectivity index (χ3v) is 4.78. The lowest BCUT2D eigenvalue weighted by Gasteiger charge is -2.30. The Balaban J connectivity index is 1.80. The van der Waals surface area contributed by atoms with E-state index >= 15 is 0 Å². The standard InChI is InChI=1S/C15H22N4S/c1-2-18-10-12(9-17-18)15(8-16)19(13-5-6-13)11-14-4-3-7-20-14/h3-4,7,9-10,13,15H,2,5-6,8,11,16H2,1H3. The van der Waals surface area contributed by atoms with Crippen molar-refractivity contribution < 1.29 is 0 Å². The van der Waals surface area contributed by atoms with Crippen molar-refractivity contribution in [1.82, 2.24) is 14.7 Å². The van der Waals surface area contributed by atoms with Crippen LogP contribution in [0.3, 0.4) is 0 Å². The maximum atomic E-state index is 6.08. The van der Waals surface area contributed by atoms with E-state index < -0.39 is 0 Å². The number of rotatable bonds is 7. The smallest absolute Gasteiger partial charge is 0.0538 e. The van der Waals surface area contributed by atoms with E-state index in [1.165, 1.54) is 23.3 Å². The highest BCUT2D eigenvalue weighted by Crippen LogP contribution is 2.35. The molecule has 2 aromatic heterocycles. The fourth-order valence-electron chi connectivity index (χ4n) is 2.67. The van der Waals surface area contributed by atoms with E-state index in [0.29, 0.717) is 12.6 Å². The van der Waals surface area contributed by atoms with Crippen LogP contribution >= 0.6 is 11.3 Å². The van der Waals surface area contributed by atoms with Crippen molar-refractivity contribution in [3.8, 4) is 0 Å². The molecule has 3 rings (SSSR count). The van der Waals surface area contributed by atoms with Gasteiger partial charge in [0.25, 0.3) is 0 Å². The first-order valence-electron chi connectivity index (χ1n) is 7.32. The monoisotopic (exact) mass is 290 g/mol. The molecule has 2 heterocycles. The van der Waals surface area contributed by atoms with Gasteiger partial charge in [0.15, 0.2) is 0 Å². The molecule has 0 aliphatic heterocycles. The summed E-state index contributed by atoms with van der Waals surface area (Å²) in [6.07, 6.45) is 6.71. The molecule has 0 bridgehead atoms. The van der Waals surface area contributed by atoms with E-state index in [9.17, 15) is 0 Å². The molecule has 0 amide bonds. The van der Waals surface area contributed by atoms with Gasteiger partial charge in [-0.25, -0.2) is 0 Å². The van der Waals surface area contributed by atoms with Gasteiger partial charge in [0.1, 0.15) is 0 Å². The van der Waals surface area contributed by atoms with Crippen LogP contribution in [0.25, 0.3) is 0 Å². The van der Waals surface area contributed by atoms with Gasteiger partial charge in [-0.2, -0.15) is 5.10 Å². The Morgan fingerprint density at radius 2 is 2.40 bits per heavy atom. The quantitative estimate of drug-likeness (QED) is 0.852. The second-order valence-electron chi connectivity index (χ2n) is 5.36. The molecule has 0 radical (unpaired) electrons. The highest BCUT2D eigenvalue weighted by Gasteiger charge is 2.34. The first-order chi connectivity index (χ1) is 9.81. The molecule has 108 valence electrons. The Kier molecular flexibility index (Phi) is 4.19. The first-order valence-corrected chi connectivity index (χ1v) is 8.20. The lowest BCUT2D eigenvalue weighted by Crippen LogP contribution is -2.34. The molecule has 1 fully saturated rings. The van der Waals surface area contributed by atoms with Crippen molar-refractivity contribution in [3.05, 3.63) is 40.3 Å². The second-order valence-corrected chi connectivity index (χ2v) is 6.40. The fraction of sp³-hybridized carbons (Fsp3) is 0.533. The molecule has 5 heteroatoms. The van der Waals surface area contributed by atoms with Gasteiger partial charge in [0.05, 0.1) is 12.2 Å². The summed E-state index contributed by atoms with van der Waals surface area (Å²) < 4.78 is 1.98. The highest BCUT2D eigenvalue weighted by molar-refractivity contribution is 7.09. The summed E-state index contributed by atoms with van der Waals surface area (Å²) in [5.74, 6) is 0. The number of aromatic nitrogens is 2. The maximum absolute atomic E-state index is 6.08. The Morgan fingerprint density at radius 3 is 2.95 bits per heavy atom. The summed E-state index contributed by atoms with van der Waals surface area (Å²) in [7, 11) is 0. The van der Waals surface area contributed by atoms with Crippen LogP contribution in [0, 0.1) is 0 Å². The van der Waals surface area contributed by atoms with Crippen molar-refractivity contribution in [1.29, 1.82) is 0 Å². The average Bonchev–Trinajstić information content (AvgIpc) is 2.99. The Hall–Kier alpha value is -1.17. The number of aryl methyl sites for hydroxylation is 1. The van der Waals surface area contributed by atoms with Crippen LogP contribution in [0.1, 0.15) is 36.2 Å². The lowest BCUT2D eigenvalue weighted by atomic mass is 10.1. The normalized spacial score (nSPS) is 16.8. The number of hydrogen-bond acceptors (Lipinski definition) is 4. The number of nitrogens with zero attached hydrogens (tertiary/aromatic N) is 3. The zero-order valence-electron chi connectivity index (χ0n) is 11.9. The molecule has 20 heavy (non-hydrogen) atoms. The molecule has 2 aromatic rings. The molecule has 1 atom stereocenters. The van der Waals surface area contributed by atoms with Crippen LogP contribution in [0.2, 0.25) is 0 Å². The van der Waals surface area contributed by atoms with Crippen molar-refractivity contribution in [2.24, 2.45) is 5.73 Å². The van der Waals surface area contributed by atoms with E-state index in [2.05, 4.69) is 40.6 Å². The van der Waals surface area contributed by atoms with Gasteiger partial charge in [-0.15, -0.1) is 11.3 Å². The second kappa shape index (κ2) is 6.08. The van der Waals surface area contributed by atoms with E-state index in [-0.39, 0.29) is 6.04 Å². The number of hydrogen-bond donors (Lipinski definition) is 1. The van der Waals surface area contributed by atoms with E-state index in [0.717, 1.165) is 13.1 Å². The van der Waals surface area contributed by atoms with Crippen LogP contribution in [-0.2, 0) is 13.1 Å². The summed E-state index contributed by atoms with van der Waals surface area (Å²) in [5, 5.41) is 6.55. The van der Waals surface area contributed by atoms with Gasteiger partial charge >= 0.3 is 0 Å². The van der Waals surface area contributed by atoms with Gasteiger partial charge in [0.2, 0.25) is 0 Å². The van der Waals surface area contributed by atoms with Crippen LogP contribution < -0.4 is 5.73 Å². The van der Waals surface area contributed by atoms with Crippen LogP contribution in [0.4, 0.5) is 0 Å². The summed E-state index contributed by atoms with van der Waals surface area (Å²) in [6, 6.07) is 5.31. The molecular formula is C15H22N4S. The molecule has 1 unspecified atom stereocenters. The summed E-state index contributed by atoms with van der Waals surface area (Å²) in [6.45, 7) is 4.67. The third-order valence-electron chi connectivity index (χ3n) is 3.92. The molecule has 1 aliphatic carbocycles. The van der Waals surface area contributed by atoms with Gasteiger partial charge < -0.3 is 5.73 Å². The molecule has 4 nitrogen and oxygen atoms in total. The molecular weight excluding hydrogens is 268 g/mol. The Labute approximate surface area is 124 Å². The van der Waals surface area contributed by atoms with Crippen LogP contribution in [0.15, 0.2) is 29.9 Å². The minimum Gasteiger partial charge on any atom is -0.329 e. The maximum Gasteiger partial charge on any atom is 0.0538 e. The average molecular weight is 290 g/mol. The van der Waals surface area contributed by atoms with Crippen LogP contribution in [0.5, 0.6) is 0 Å². The topological polar surface area (TPSA) is 47.1 Å². The molecule has 0 aromatic carbocycles. The van der Waals surface area contributed by atoms with E-state index in [1.54, 1.807) is 0 Å². The molecule has 1 aliphatic rings. The minimum atomic E-state index is 0.282. The zero-order chi connectivity index (χ0) is 13.9. The van der Waals surface area contributed by atoms with Gasteiger partial charge in [-0.05, 0) is 31.2 Å². The van der Waals surface area contributed by atoms with Crippen molar-refractivity contribution in [2.75, 3.05) is 6.54 Å². The Morgan fingerprint density at radius 1 is 1.55 bits per heavy atom. The summed E-state index contributed by atoms with van der Waals surface area (Å²) in [4.78, 5) is 3.97. The van der Waals surface area contributed by atoms with Crippen molar-refractivity contribution >= 4 is 11.3 Å². The van der Waals surface area contributed by atoms with Gasteiger partial charge in [0, 0.05) is 42.3 Å². The predicted octanol–water partition coefficient (Wildman–Crippen LogP) is 2.63. The predicted molar refractivity (Wildman–Crippen MR) is 82.6 cm³/mol. The van der Waals surface area contributed by atoms with Gasteiger partial charge in [-0.1, -0.05) is 6.07 Å². The summed E-state index contributed by atoms with van der Waals surface area (Å²) >= 11 is 1.83. The molecule has 0 spiro atoms. The molecule has 1 saturated carbocycles. The fourth-order valence-corrected chi connectivity index (χ4v) is 3.38. The van der Waals surface area contributed by atoms with Crippen LogP contribution in [-0.4, -0.2) is 27.3 Å². The molecule has 0 saturated heterocycles. The van der Waals surface area contributed by atoms with E-state index in [1.807, 2.05) is 22.2 Å². The largest absolute Gasteiger partial charge is 0.329 e. The lowest BCUT2D eigenvalue weighted by molar-refractivity contribution is 0.183. The number of nitrogens with two attached hydrogens (primary N) is 1. The summed E-state index contributed by atoms with van der Waals surface area (Å²) in [5.41, 5.74) is 7.32. The first kappa shape index (κ1) is 13.8. The van der Waals surface area contributed by atoms with Crippen molar-refractivity contribution in [3.63, 3.8) is 0 Å². The highest BCUT2D eigenvalue weighted by atomic mass is 32.1. The van der Waals surface area contributed by atoms with E-state index in [4.69, 9.17) is 5.73 Å².